The van der Waals surface area contributed by atoms with Crippen LogP contribution >= 0.6 is 0 Å². The fraction of sp³-hybridized carbons (Fsp3) is 0.913. The Kier molecular flexibility index (Phi) is 5.30. The number of likely N-dealkylation sites (tertiary alicyclic amines) is 1. The Morgan fingerprint density at radius 2 is 1.80 bits per heavy atom. The van der Waals surface area contributed by atoms with E-state index in [1.54, 1.807) is 0 Å². The van der Waals surface area contributed by atoms with Crippen LogP contribution in [-0.2, 0) is 0 Å². The van der Waals surface area contributed by atoms with Crippen molar-refractivity contribution in [1.82, 2.24) is 9.80 Å². The molecule has 0 radical (unpaired) electrons. The maximum atomic E-state index is 2.98. The van der Waals surface area contributed by atoms with Gasteiger partial charge >= 0.3 is 0 Å². The van der Waals surface area contributed by atoms with E-state index in [0.717, 1.165) is 36.0 Å². The molecule has 4 rings (SSSR count). The minimum absolute atomic E-state index is 0.769. The fourth-order valence-electron chi connectivity index (χ4n) is 6.97. The van der Waals surface area contributed by atoms with E-state index < -0.39 is 0 Å². The van der Waals surface area contributed by atoms with Gasteiger partial charge in [0.2, 0.25) is 0 Å². The highest BCUT2D eigenvalue weighted by Gasteiger charge is 2.40. The van der Waals surface area contributed by atoms with Crippen molar-refractivity contribution in [1.29, 1.82) is 0 Å². The molecule has 6 atom stereocenters. The Labute approximate surface area is 156 Å². The van der Waals surface area contributed by atoms with Crippen LogP contribution in [0.25, 0.3) is 0 Å². The minimum Gasteiger partial charge on any atom is -0.300 e. The first-order valence-electron chi connectivity index (χ1n) is 11.2. The van der Waals surface area contributed by atoms with E-state index in [2.05, 4.69) is 37.6 Å². The van der Waals surface area contributed by atoms with Crippen LogP contribution < -0.4 is 0 Å². The lowest BCUT2D eigenvalue weighted by molar-refractivity contribution is -0.00724. The van der Waals surface area contributed by atoms with Crippen LogP contribution in [0, 0.1) is 11.8 Å². The highest BCUT2D eigenvalue weighted by atomic mass is 15.2. The molecule has 1 unspecified atom stereocenters. The molecule has 2 heteroatoms. The zero-order valence-electron chi connectivity index (χ0n) is 17.1. The first kappa shape index (κ1) is 18.0. The quantitative estimate of drug-likeness (QED) is 0.632. The second-order valence-electron chi connectivity index (χ2n) is 10.1. The highest BCUT2D eigenvalue weighted by molar-refractivity contribution is 5.26. The van der Waals surface area contributed by atoms with Crippen molar-refractivity contribution in [3.05, 3.63) is 11.1 Å². The first-order valence-corrected chi connectivity index (χ1v) is 11.2. The number of fused-ring (bicyclic) bond motifs is 2. The van der Waals surface area contributed by atoms with Gasteiger partial charge in [0.25, 0.3) is 0 Å². The maximum Gasteiger partial charge on any atom is 0.0309 e. The van der Waals surface area contributed by atoms with Crippen molar-refractivity contribution < 1.29 is 0 Å². The van der Waals surface area contributed by atoms with E-state index in [-0.39, 0.29) is 0 Å². The molecule has 3 fully saturated rings. The summed E-state index contributed by atoms with van der Waals surface area (Å²) in [4.78, 5) is 5.64. The number of hydrogen-bond donors (Lipinski definition) is 0. The van der Waals surface area contributed by atoms with E-state index >= 15 is 0 Å². The van der Waals surface area contributed by atoms with Crippen molar-refractivity contribution in [3.8, 4) is 0 Å². The average Bonchev–Trinajstić information content (AvgIpc) is 2.55. The summed E-state index contributed by atoms with van der Waals surface area (Å²) in [5, 5.41) is 0. The number of nitrogens with zero attached hydrogens (tertiary/aromatic N) is 2. The Morgan fingerprint density at radius 1 is 0.960 bits per heavy atom. The Balaban J connectivity index is 1.55. The zero-order valence-corrected chi connectivity index (χ0v) is 17.1. The summed E-state index contributed by atoms with van der Waals surface area (Å²) >= 11 is 0. The number of piperidine rings is 3. The summed E-state index contributed by atoms with van der Waals surface area (Å²) < 4.78 is 0. The van der Waals surface area contributed by atoms with Crippen LogP contribution in [0.15, 0.2) is 11.1 Å². The lowest BCUT2D eigenvalue weighted by Crippen LogP contribution is -2.55. The SMILES string of the molecule is CC1C[C@@H](C)C[C@@H]2CCC[C@@H](CC3=C4CCCN(C)[C@H]4C[C@@H](C)C3)N12. The number of rotatable bonds is 2. The third-order valence-corrected chi connectivity index (χ3v) is 7.89. The largest absolute Gasteiger partial charge is 0.300 e. The van der Waals surface area contributed by atoms with Gasteiger partial charge in [-0.25, -0.2) is 0 Å². The molecular formula is C23H40N2. The molecule has 3 heterocycles. The normalized spacial score (nSPS) is 43.7. The maximum absolute atomic E-state index is 2.98. The second-order valence-corrected chi connectivity index (χ2v) is 10.1. The Hall–Kier alpha value is -0.340. The van der Waals surface area contributed by atoms with Gasteiger partial charge in [-0.1, -0.05) is 31.4 Å². The summed E-state index contributed by atoms with van der Waals surface area (Å²) in [7, 11) is 2.37. The molecule has 0 bridgehead atoms. The molecule has 0 amide bonds. The topological polar surface area (TPSA) is 6.48 Å². The van der Waals surface area contributed by atoms with Gasteiger partial charge < -0.3 is 0 Å². The minimum atomic E-state index is 0.769. The van der Waals surface area contributed by atoms with Gasteiger partial charge in [0.05, 0.1) is 0 Å². The summed E-state index contributed by atoms with van der Waals surface area (Å²) in [5.41, 5.74) is 3.75. The third-order valence-electron chi connectivity index (χ3n) is 7.89. The van der Waals surface area contributed by atoms with Crippen molar-refractivity contribution in [3.63, 3.8) is 0 Å². The predicted molar refractivity (Wildman–Crippen MR) is 107 cm³/mol. The van der Waals surface area contributed by atoms with Gasteiger partial charge in [-0.2, -0.15) is 0 Å². The molecule has 0 saturated carbocycles. The third kappa shape index (κ3) is 3.58. The molecule has 1 aliphatic carbocycles. The van der Waals surface area contributed by atoms with Crippen LogP contribution in [0.3, 0.4) is 0 Å². The molecule has 0 aromatic carbocycles. The van der Waals surface area contributed by atoms with Crippen LogP contribution in [0.4, 0.5) is 0 Å². The molecule has 0 spiro atoms. The van der Waals surface area contributed by atoms with Crippen molar-refractivity contribution >= 4 is 0 Å². The molecule has 2 nitrogen and oxygen atoms in total. The van der Waals surface area contributed by atoms with Crippen LogP contribution in [0.2, 0.25) is 0 Å². The summed E-state index contributed by atoms with van der Waals surface area (Å²) in [5.74, 6) is 1.81. The van der Waals surface area contributed by atoms with E-state index in [9.17, 15) is 0 Å². The molecular weight excluding hydrogens is 304 g/mol. The van der Waals surface area contributed by atoms with Crippen molar-refractivity contribution in [2.75, 3.05) is 13.6 Å². The second kappa shape index (κ2) is 7.35. The molecule has 0 aromatic rings. The number of hydrogen-bond acceptors (Lipinski definition) is 2. The molecule has 0 N–H and O–H groups in total. The molecule has 142 valence electrons. The van der Waals surface area contributed by atoms with Gasteiger partial charge in [0.1, 0.15) is 0 Å². The Morgan fingerprint density at radius 3 is 2.64 bits per heavy atom. The van der Waals surface area contributed by atoms with Gasteiger partial charge in [-0.05, 0) is 90.1 Å². The molecule has 3 aliphatic heterocycles. The summed E-state index contributed by atoms with van der Waals surface area (Å²) in [6, 6.07) is 3.29. The van der Waals surface area contributed by atoms with E-state index in [1.807, 2.05) is 11.1 Å². The van der Waals surface area contributed by atoms with Gasteiger partial charge in [-0.15, -0.1) is 0 Å². The van der Waals surface area contributed by atoms with Crippen LogP contribution in [0.5, 0.6) is 0 Å². The van der Waals surface area contributed by atoms with E-state index in [4.69, 9.17) is 0 Å². The first-order chi connectivity index (χ1) is 12.0. The number of likely N-dealkylation sites (N-methyl/N-ethyl adjacent to an activating group) is 1. The summed E-state index contributed by atoms with van der Waals surface area (Å²) in [6.45, 7) is 8.79. The van der Waals surface area contributed by atoms with E-state index in [1.165, 1.54) is 70.8 Å². The van der Waals surface area contributed by atoms with Crippen LogP contribution in [-0.4, -0.2) is 47.6 Å². The average molecular weight is 345 g/mol. The Bertz CT molecular complexity index is 510. The smallest absolute Gasteiger partial charge is 0.0309 e. The predicted octanol–water partition coefficient (Wildman–Crippen LogP) is 5.24. The van der Waals surface area contributed by atoms with Crippen molar-refractivity contribution in [2.45, 2.75) is 109 Å². The van der Waals surface area contributed by atoms with E-state index in [0.29, 0.717) is 0 Å². The molecule has 25 heavy (non-hydrogen) atoms. The van der Waals surface area contributed by atoms with Gasteiger partial charge in [0.15, 0.2) is 0 Å². The zero-order chi connectivity index (χ0) is 17.6. The fourth-order valence-corrected chi connectivity index (χ4v) is 6.97. The lowest BCUT2D eigenvalue weighted by Gasteiger charge is -2.51. The monoisotopic (exact) mass is 344 g/mol. The van der Waals surface area contributed by atoms with Crippen molar-refractivity contribution in [2.24, 2.45) is 11.8 Å². The van der Waals surface area contributed by atoms with Gasteiger partial charge in [-0.3, -0.25) is 9.80 Å². The van der Waals surface area contributed by atoms with Crippen LogP contribution in [0.1, 0.15) is 85.0 Å². The van der Waals surface area contributed by atoms with Gasteiger partial charge in [0, 0.05) is 24.2 Å². The lowest BCUT2D eigenvalue weighted by atomic mass is 9.74. The summed E-state index contributed by atoms with van der Waals surface area (Å²) in [6.07, 6.45) is 14.2. The molecule has 0 aromatic heterocycles. The molecule has 4 aliphatic rings. The highest BCUT2D eigenvalue weighted by Crippen LogP contribution is 2.43. The standard InChI is InChI=1S/C23H40N2/c1-16-11-18(3)25-20(13-16)7-5-8-21(25)15-19-12-17(2)14-23-22(19)9-6-10-24(23)4/h16-18,20-21,23H,5-15H2,1-4H3/t16-,17+,18?,20+,21+,23+/m1/s1. The molecule has 3 saturated heterocycles.